The Morgan fingerprint density at radius 3 is 2.44 bits per heavy atom. The zero-order chi connectivity index (χ0) is 22.7. The van der Waals surface area contributed by atoms with Crippen molar-refractivity contribution in [2.75, 3.05) is 18.8 Å². The second-order valence-electron chi connectivity index (χ2n) is 9.63. The number of piperidine rings is 1. The van der Waals surface area contributed by atoms with E-state index < -0.39 is 5.60 Å². The molecule has 1 aliphatic heterocycles. The summed E-state index contributed by atoms with van der Waals surface area (Å²) in [5.41, 5.74) is 4.28. The largest absolute Gasteiger partial charge is 0.444 e. The number of carbonyl (C=O) groups is 1. The van der Waals surface area contributed by atoms with Gasteiger partial charge in [0.05, 0.1) is 5.52 Å². The summed E-state index contributed by atoms with van der Waals surface area (Å²) in [6, 6.07) is 17.3. The Morgan fingerprint density at radius 2 is 1.75 bits per heavy atom. The van der Waals surface area contributed by atoms with Crippen molar-refractivity contribution >= 4 is 28.8 Å². The Morgan fingerprint density at radius 1 is 1.06 bits per heavy atom. The van der Waals surface area contributed by atoms with Crippen molar-refractivity contribution < 1.29 is 9.53 Å². The maximum Gasteiger partial charge on any atom is 0.410 e. The van der Waals surface area contributed by atoms with Crippen LogP contribution in [0, 0.1) is 12.8 Å². The highest BCUT2D eigenvalue weighted by Gasteiger charge is 2.26. The van der Waals surface area contributed by atoms with Crippen molar-refractivity contribution in [3.05, 3.63) is 60.3 Å². The highest BCUT2D eigenvalue weighted by atomic mass is 32.2. The molecule has 1 saturated heterocycles. The van der Waals surface area contributed by atoms with E-state index in [0.717, 1.165) is 37.2 Å². The number of rotatable bonds is 4. The molecule has 4 rings (SSSR count). The molecule has 1 fully saturated rings. The number of hydrogen-bond donors (Lipinski definition) is 0. The molecular weight excluding hydrogens is 416 g/mol. The summed E-state index contributed by atoms with van der Waals surface area (Å²) < 4.78 is 5.51. The van der Waals surface area contributed by atoms with E-state index in [1.165, 1.54) is 27.0 Å². The summed E-state index contributed by atoms with van der Waals surface area (Å²) in [7, 11) is 0. The van der Waals surface area contributed by atoms with Gasteiger partial charge in [0, 0.05) is 35.3 Å². The number of pyridine rings is 1. The number of benzene rings is 2. The Hall–Kier alpha value is -2.53. The van der Waals surface area contributed by atoms with Crippen molar-refractivity contribution in [3.8, 4) is 11.1 Å². The smallest absolute Gasteiger partial charge is 0.410 e. The molecule has 168 valence electrons. The van der Waals surface area contributed by atoms with Crippen molar-refractivity contribution in [2.24, 2.45) is 5.92 Å². The van der Waals surface area contributed by atoms with Gasteiger partial charge >= 0.3 is 6.09 Å². The van der Waals surface area contributed by atoms with E-state index in [4.69, 9.17) is 4.74 Å². The molecule has 1 aliphatic rings. The SMILES string of the molecule is Cc1ccc(-c2ccc3c(SCC4CCN(C(=O)OC(C)(C)C)CC4)ccnc3c2)cc1. The van der Waals surface area contributed by atoms with E-state index in [1.807, 2.05) is 43.6 Å². The van der Waals surface area contributed by atoms with Gasteiger partial charge in [0.25, 0.3) is 0 Å². The number of nitrogens with zero attached hydrogens (tertiary/aromatic N) is 2. The molecule has 5 heteroatoms. The minimum absolute atomic E-state index is 0.187. The van der Waals surface area contributed by atoms with Gasteiger partial charge in [-0.25, -0.2) is 4.79 Å². The highest BCUT2D eigenvalue weighted by Crippen LogP contribution is 2.33. The number of ether oxygens (including phenoxy) is 1. The third-order valence-electron chi connectivity index (χ3n) is 5.83. The van der Waals surface area contributed by atoms with Gasteiger partial charge in [-0.1, -0.05) is 42.0 Å². The van der Waals surface area contributed by atoms with Crippen LogP contribution in [0.2, 0.25) is 0 Å². The summed E-state index contributed by atoms with van der Waals surface area (Å²) in [6.45, 7) is 9.40. The molecular formula is C27H32N2O2S. The first-order valence-electron chi connectivity index (χ1n) is 11.3. The first-order chi connectivity index (χ1) is 15.3. The Labute approximate surface area is 195 Å². The molecule has 0 N–H and O–H groups in total. The van der Waals surface area contributed by atoms with Crippen molar-refractivity contribution in [3.63, 3.8) is 0 Å². The van der Waals surface area contributed by atoms with Gasteiger partial charge in [0.15, 0.2) is 0 Å². The van der Waals surface area contributed by atoms with Crippen molar-refractivity contribution in [1.29, 1.82) is 0 Å². The third kappa shape index (κ3) is 5.63. The predicted molar refractivity (Wildman–Crippen MR) is 133 cm³/mol. The van der Waals surface area contributed by atoms with E-state index >= 15 is 0 Å². The number of thioether (sulfide) groups is 1. The maximum atomic E-state index is 12.3. The molecule has 0 aliphatic carbocycles. The molecule has 2 aromatic carbocycles. The van der Waals surface area contributed by atoms with Crippen LogP contribution in [0.4, 0.5) is 4.79 Å². The minimum Gasteiger partial charge on any atom is -0.444 e. The summed E-state index contributed by atoms with van der Waals surface area (Å²) >= 11 is 1.91. The number of fused-ring (bicyclic) bond motifs is 1. The minimum atomic E-state index is -0.439. The summed E-state index contributed by atoms with van der Waals surface area (Å²) in [5, 5.41) is 1.21. The highest BCUT2D eigenvalue weighted by molar-refractivity contribution is 7.99. The molecule has 4 nitrogen and oxygen atoms in total. The average Bonchev–Trinajstić information content (AvgIpc) is 2.77. The van der Waals surface area contributed by atoms with Crippen LogP contribution >= 0.6 is 11.8 Å². The fraction of sp³-hybridized carbons (Fsp3) is 0.407. The molecule has 1 amide bonds. The van der Waals surface area contributed by atoms with E-state index in [2.05, 4.69) is 60.4 Å². The van der Waals surface area contributed by atoms with Gasteiger partial charge in [0.2, 0.25) is 0 Å². The van der Waals surface area contributed by atoms with Crippen LogP contribution < -0.4 is 0 Å². The second-order valence-corrected chi connectivity index (χ2v) is 10.7. The van der Waals surface area contributed by atoms with E-state index in [9.17, 15) is 4.79 Å². The molecule has 0 spiro atoms. The van der Waals surface area contributed by atoms with Gasteiger partial charge in [0.1, 0.15) is 5.60 Å². The van der Waals surface area contributed by atoms with Gasteiger partial charge in [-0.3, -0.25) is 4.98 Å². The fourth-order valence-corrected chi connectivity index (χ4v) is 5.22. The summed E-state index contributed by atoms with van der Waals surface area (Å²) in [4.78, 5) is 20.0. The lowest BCUT2D eigenvalue weighted by Crippen LogP contribution is -2.42. The summed E-state index contributed by atoms with van der Waals surface area (Å²) in [5.74, 6) is 1.66. The van der Waals surface area contributed by atoms with Gasteiger partial charge in [-0.05, 0) is 69.7 Å². The van der Waals surface area contributed by atoms with Crippen LogP contribution in [0.25, 0.3) is 22.0 Å². The first-order valence-corrected chi connectivity index (χ1v) is 12.3. The number of hydrogen-bond acceptors (Lipinski definition) is 4. The number of aryl methyl sites for hydroxylation is 1. The van der Waals surface area contributed by atoms with Crippen LogP contribution in [0.5, 0.6) is 0 Å². The fourth-order valence-electron chi connectivity index (χ4n) is 3.99. The van der Waals surface area contributed by atoms with E-state index in [0.29, 0.717) is 5.92 Å². The Bertz CT molecular complexity index is 1080. The quantitative estimate of drug-likeness (QED) is 0.405. The normalized spacial score (nSPS) is 15.2. The third-order valence-corrected chi connectivity index (χ3v) is 7.13. The van der Waals surface area contributed by atoms with Crippen molar-refractivity contribution in [2.45, 2.75) is 51.0 Å². The van der Waals surface area contributed by atoms with Gasteiger partial charge in [-0.2, -0.15) is 0 Å². The topological polar surface area (TPSA) is 42.4 Å². The summed E-state index contributed by atoms with van der Waals surface area (Å²) in [6.07, 6.45) is 3.77. The molecule has 32 heavy (non-hydrogen) atoms. The molecule has 0 radical (unpaired) electrons. The monoisotopic (exact) mass is 448 g/mol. The van der Waals surface area contributed by atoms with Gasteiger partial charge < -0.3 is 9.64 Å². The van der Waals surface area contributed by atoms with E-state index in [-0.39, 0.29) is 6.09 Å². The number of amides is 1. The Kier molecular flexibility index (Phi) is 6.75. The van der Waals surface area contributed by atoms with Gasteiger partial charge in [-0.15, -0.1) is 11.8 Å². The number of carbonyl (C=O) groups excluding carboxylic acids is 1. The lowest BCUT2D eigenvalue weighted by atomic mass is 9.99. The molecule has 0 atom stereocenters. The first kappa shape index (κ1) is 22.7. The lowest BCUT2D eigenvalue weighted by Gasteiger charge is -2.33. The number of aromatic nitrogens is 1. The zero-order valence-electron chi connectivity index (χ0n) is 19.4. The molecule has 3 aromatic rings. The maximum absolute atomic E-state index is 12.3. The molecule has 0 unspecified atom stereocenters. The average molecular weight is 449 g/mol. The van der Waals surface area contributed by atoms with Crippen LogP contribution in [0.1, 0.15) is 39.2 Å². The van der Waals surface area contributed by atoms with E-state index in [1.54, 1.807) is 0 Å². The number of likely N-dealkylation sites (tertiary alicyclic amines) is 1. The molecule has 0 bridgehead atoms. The van der Waals surface area contributed by atoms with Crippen LogP contribution in [0.3, 0.4) is 0 Å². The standard InChI is InChI=1S/C27H32N2O2S/c1-19-5-7-21(8-6-19)22-9-10-23-24(17-22)28-14-11-25(23)32-18-20-12-15-29(16-13-20)26(30)31-27(2,3)4/h5-11,14,17,20H,12-13,15-16,18H2,1-4H3. The van der Waals surface area contributed by atoms with Crippen LogP contribution in [0.15, 0.2) is 59.6 Å². The molecule has 1 aromatic heterocycles. The van der Waals surface area contributed by atoms with Crippen LogP contribution in [-0.2, 0) is 4.74 Å². The Balaban J connectivity index is 1.38. The predicted octanol–water partition coefficient (Wildman–Crippen LogP) is 6.95. The molecule has 2 heterocycles. The lowest BCUT2D eigenvalue weighted by molar-refractivity contribution is 0.0191. The second kappa shape index (κ2) is 9.53. The van der Waals surface area contributed by atoms with Crippen molar-refractivity contribution in [1.82, 2.24) is 9.88 Å². The zero-order valence-corrected chi connectivity index (χ0v) is 20.2. The molecule has 0 saturated carbocycles. The van der Waals surface area contributed by atoms with Crippen LogP contribution in [-0.4, -0.2) is 40.4 Å².